The van der Waals surface area contributed by atoms with Crippen LogP contribution >= 0.6 is 0 Å². The van der Waals surface area contributed by atoms with Crippen LogP contribution in [0, 0.1) is 29.6 Å². The average Bonchev–Trinajstić information content (AvgIpc) is 3.06. The first-order valence-corrected chi connectivity index (χ1v) is 30.2. The quantitative estimate of drug-likeness (QED) is 0.0662. The monoisotopic (exact) mass is 831 g/mol. The van der Waals surface area contributed by atoms with Crippen LogP contribution in [0.25, 0.3) is 0 Å². The first-order valence-electron chi connectivity index (χ1n) is 21.5. The van der Waals surface area contributed by atoms with Gasteiger partial charge in [-0.2, -0.15) is 0 Å². The van der Waals surface area contributed by atoms with Crippen LogP contribution in [0.1, 0.15) is 116 Å². The molecule has 0 fully saturated rings. The largest absolute Gasteiger partial charge is 0.497 e. The molecule has 8 heteroatoms. The molecular formula is C48H90O5Si3. The Kier molecular flexibility index (Phi) is 20.1. The van der Waals surface area contributed by atoms with Gasteiger partial charge in [-0.15, -0.1) is 0 Å². The summed E-state index contributed by atoms with van der Waals surface area (Å²) in [5.74, 6) is 1.91. The molecule has 1 aromatic carbocycles. The minimum atomic E-state index is -2.15. The third kappa shape index (κ3) is 15.7. The zero-order valence-corrected chi connectivity index (χ0v) is 43.6. The highest BCUT2D eigenvalue weighted by atomic mass is 28.4. The number of rotatable bonds is 22. The molecule has 0 radical (unpaired) electrons. The standard InChI is InChI=1S/C48H90O5Si3/c1-24-25-26-36(3)44(50-34-41-27-29-42(49-17)30-28-41)40(7)45(53-56(22,23)48(14,15)16)38(5)32-35(2)31-37(4)43(52-55(20,21)47(11,12)13)39(6)33-51-54(18,19)46(8,9)10/h24-31,36-40,43-45H,1,32-34H2,2-23H3/b26-25-,35-31-/t36-,37-,38-,39-,40+,43+,44-,45+/m1/s1. The molecule has 0 bridgehead atoms. The molecule has 0 saturated carbocycles. The number of hydrogen-bond acceptors (Lipinski definition) is 5. The fraction of sp³-hybridized carbons (Fsp3) is 0.750. The smallest absolute Gasteiger partial charge is 0.192 e. The molecule has 0 saturated heterocycles. The lowest BCUT2D eigenvalue weighted by atomic mass is 9.81. The zero-order valence-electron chi connectivity index (χ0n) is 40.6. The first-order chi connectivity index (χ1) is 25.3. The molecule has 0 aliphatic rings. The van der Waals surface area contributed by atoms with Crippen LogP contribution in [0.4, 0.5) is 0 Å². The minimum absolute atomic E-state index is 0.00573. The Morgan fingerprint density at radius 3 is 1.61 bits per heavy atom. The van der Waals surface area contributed by atoms with Crippen LogP contribution in [0.2, 0.25) is 54.4 Å². The van der Waals surface area contributed by atoms with Crippen molar-refractivity contribution in [1.82, 2.24) is 0 Å². The van der Waals surface area contributed by atoms with Crippen LogP contribution in [0.5, 0.6) is 5.75 Å². The van der Waals surface area contributed by atoms with Gasteiger partial charge in [-0.3, -0.25) is 0 Å². The van der Waals surface area contributed by atoms with Crippen molar-refractivity contribution >= 4 is 25.0 Å². The summed E-state index contributed by atoms with van der Waals surface area (Å²) in [7, 11) is -4.41. The fourth-order valence-corrected chi connectivity index (χ4v) is 10.7. The van der Waals surface area contributed by atoms with Crippen molar-refractivity contribution < 1.29 is 22.8 Å². The summed E-state index contributed by atoms with van der Waals surface area (Å²) in [6.07, 6.45) is 9.58. The Morgan fingerprint density at radius 2 is 1.16 bits per heavy atom. The van der Waals surface area contributed by atoms with E-state index in [1.54, 1.807) is 7.11 Å². The maximum atomic E-state index is 7.47. The lowest BCUT2D eigenvalue weighted by Gasteiger charge is -2.45. The van der Waals surface area contributed by atoms with E-state index in [1.807, 2.05) is 24.3 Å². The zero-order chi connectivity index (χ0) is 43.7. The highest BCUT2D eigenvalue weighted by Gasteiger charge is 2.45. The summed E-state index contributed by atoms with van der Waals surface area (Å²) in [4.78, 5) is 0. The third-order valence-electron chi connectivity index (χ3n) is 13.5. The Hall–Kier alpha value is -1.27. The summed E-state index contributed by atoms with van der Waals surface area (Å²) in [5.41, 5.74) is 2.52. The van der Waals surface area contributed by atoms with Gasteiger partial charge in [0, 0.05) is 24.4 Å². The lowest BCUT2D eigenvalue weighted by molar-refractivity contribution is -0.0644. The average molecular weight is 832 g/mol. The second-order valence-electron chi connectivity index (χ2n) is 21.8. The first kappa shape index (κ1) is 52.7. The predicted octanol–water partition coefficient (Wildman–Crippen LogP) is 14.6. The highest BCUT2D eigenvalue weighted by molar-refractivity contribution is 6.75. The summed E-state index contributed by atoms with van der Waals surface area (Å²) < 4.78 is 33.9. The fourth-order valence-electron chi connectivity index (χ4n) is 6.65. The van der Waals surface area contributed by atoms with Crippen LogP contribution in [0.15, 0.2) is 60.7 Å². The molecule has 0 amide bonds. The molecule has 8 atom stereocenters. The van der Waals surface area contributed by atoms with E-state index < -0.39 is 25.0 Å². The number of benzene rings is 1. The number of ether oxygens (including phenoxy) is 2. The van der Waals surface area contributed by atoms with Crippen LogP contribution in [-0.4, -0.2) is 57.0 Å². The number of methoxy groups -OCH3 is 1. The van der Waals surface area contributed by atoms with E-state index in [0.29, 0.717) is 6.61 Å². The highest BCUT2D eigenvalue weighted by Crippen LogP contribution is 2.43. The maximum absolute atomic E-state index is 7.47. The van der Waals surface area contributed by atoms with Gasteiger partial charge in [-0.1, -0.05) is 146 Å². The molecule has 0 aliphatic heterocycles. The Balaban J connectivity index is 3.60. The van der Waals surface area contributed by atoms with Crippen LogP contribution < -0.4 is 4.74 Å². The Bertz CT molecular complexity index is 1380. The van der Waals surface area contributed by atoms with E-state index in [2.05, 4.69) is 174 Å². The number of allylic oxidation sites excluding steroid dienone is 3. The van der Waals surface area contributed by atoms with Gasteiger partial charge in [-0.05, 0) is 97.3 Å². The molecule has 0 unspecified atom stereocenters. The van der Waals surface area contributed by atoms with Gasteiger partial charge in [0.05, 0.1) is 32.0 Å². The van der Waals surface area contributed by atoms with Crippen LogP contribution in [0.3, 0.4) is 0 Å². The van der Waals surface area contributed by atoms with Gasteiger partial charge in [-0.25, -0.2) is 0 Å². The van der Waals surface area contributed by atoms with Gasteiger partial charge in [0.15, 0.2) is 25.0 Å². The Morgan fingerprint density at radius 1 is 0.679 bits per heavy atom. The molecule has 1 rings (SSSR count). The van der Waals surface area contributed by atoms with E-state index in [-0.39, 0.29) is 63.0 Å². The van der Waals surface area contributed by atoms with Crippen molar-refractivity contribution in [3.05, 3.63) is 66.3 Å². The van der Waals surface area contributed by atoms with Crippen LogP contribution in [-0.2, 0) is 24.6 Å². The molecule has 0 heterocycles. The summed E-state index contributed by atoms with van der Waals surface area (Å²) >= 11 is 0. The predicted molar refractivity (Wildman–Crippen MR) is 252 cm³/mol. The lowest BCUT2D eigenvalue weighted by Crippen LogP contribution is -2.50. The SMILES string of the molecule is C=C/C=C\[C@@H](C)[C@@H](OCc1ccc(OC)cc1)[C@H](C)[C@@H](O[Si](C)(C)C(C)(C)C)[C@H](C)C/C(C)=C\[C@@H](C)[C@H](O[Si](C)(C)C(C)(C)C)[C@H](C)CO[Si](C)(C)C(C)(C)C. The summed E-state index contributed by atoms with van der Waals surface area (Å²) in [5, 5.41) is 0.363. The van der Waals surface area contributed by atoms with Crippen molar-refractivity contribution in [2.45, 2.75) is 190 Å². The van der Waals surface area contributed by atoms with Gasteiger partial charge < -0.3 is 22.8 Å². The molecule has 324 valence electrons. The van der Waals surface area contributed by atoms with Crippen molar-refractivity contribution in [2.24, 2.45) is 29.6 Å². The second-order valence-corrected chi connectivity index (χ2v) is 36.1. The van der Waals surface area contributed by atoms with Crippen molar-refractivity contribution in [2.75, 3.05) is 13.7 Å². The molecule has 56 heavy (non-hydrogen) atoms. The van der Waals surface area contributed by atoms with Crippen molar-refractivity contribution in [1.29, 1.82) is 0 Å². The van der Waals surface area contributed by atoms with E-state index >= 15 is 0 Å². The summed E-state index contributed by atoms with van der Waals surface area (Å²) in [6, 6.07) is 8.19. The molecule has 1 aromatic rings. The second kappa shape index (κ2) is 21.3. The van der Waals surface area contributed by atoms with Gasteiger partial charge in [0.2, 0.25) is 0 Å². The molecule has 5 nitrogen and oxygen atoms in total. The van der Waals surface area contributed by atoms with Crippen molar-refractivity contribution in [3.63, 3.8) is 0 Å². The molecule has 0 aliphatic carbocycles. The molecule has 0 spiro atoms. The summed E-state index contributed by atoms with van der Waals surface area (Å²) in [6.45, 7) is 54.4. The van der Waals surface area contributed by atoms with Gasteiger partial charge >= 0.3 is 0 Å². The van der Waals surface area contributed by atoms with E-state index in [1.165, 1.54) is 5.57 Å². The van der Waals surface area contributed by atoms with Crippen molar-refractivity contribution in [3.8, 4) is 5.75 Å². The maximum Gasteiger partial charge on any atom is 0.192 e. The topological polar surface area (TPSA) is 46.2 Å². The normalized spacial score (nSPS) is 18.6. The van der Waals surface area contributed by atoms with E-state index in [0.717, 1.165) is 24.3 Å². The number of hydrogen-bond donors (Lipinski definition) is 0. The molecule has 0 N–H and O–H groups in total. The minimum Gasteiger partial charge on any atom is -0.497 e. The van der Waals surface area contributed by atoms with E-state index in [4.69, 9.17) is 22.8 Å². The van der Waals surface area contributed by atoms with Gasteiger partial charge in [0.1, 0.15) is 5.75 Å². The van der Waals surface area contributed by atoms with Gasteiger partial charge in [0.25, 0.3) is 0 Å². The molecular weight excluding hydrogens is 741 g/mol. The van der Waals surface area contributed by atoms with E-state index in [9.17, 15) is 0 Å². The third-order valence-corrected chi connectivity index (χ3v) is 27.0. The Labute approximate surface area is 351 Å². The molecule has 0 aromatic heterocycles.